The number of hydrogen-bond acceptors (Lipinski definition) is 1. The molecule has 1 N–H and O–H groups in total. The van der Waals surface area contributed by atoms with E-state index in [-0.39, 0.29) is 0 Å². The molecule has 0 unspecified atom stereocenters. The molecular weight excluding hydrogens is 244 g/mol. The van der Waals surface area contributed by atoms with Crippen LogP contribution in [0.3, 0.4) is 0 Å². The van der Waals surface area contributed by atoms with Crippen molar-refractivity contribution in [1.29, 1.82) is 0 Å². The summed E-state index contributed by atoms with van der Waals surface area (Å²) < 4.78 is 0. The Morgan fingerprint density at radius 2 is 1.56 bits per heavy atom. The van der Waals surface area contributed by atoms with Crippen LogP contribution in [0.15, 0.2) is 60.8 Å². The summed E-state index contributed by atoms with van der Waals surface area (Å²) in [6.45, 7) is 0. The van der Waals surface area contributed by atoms with Crippen molar-refractivity contribution in [2.75, 3.05) is 0 Å². The highest BCUT2D eigenvalue weighted by Gasteiger charge is 2.09. The molecule has 0 aliphatic rings. The Bertz CT molecular complexity index is 642. The molecule has 0 aliphatic carbocycles. The highest BCUT2D eigenvalue weighted by Crippen LogP contribution is 2.30. The average Bonchev–Trinajstić information content (AvgIpc) is 2.90. The standard InChI is InChI=1S/C15H11ClN2/c16-13-8-6-11(7-9-13)14-10-17-18-15(14)12-4-2-1-3-5-12/h1-10H,(H,17,18). The maximum atomic E-state index is 5.91. The molecule has 0 spiro atoms. The predicted octanol–water partition coefficient (Wildman–Crippen LogP) is 4.40. The number of aromatic nitrogens is 2. The topological polar surface area (TPSA) is 28.7 Å². The van der Waals surface area contributed by atoms with Gasteiger partial charge < -0.3 is 0 Å². The molecule has 0 saturated carbocycles. The largest absolute Gasteiger partial charge is 0.277 e. The summed E-state index contributed by atoms with van der Waals surface area (Å²) in [7, 11) is 0. The molecule has 3 aromatic rings. The van der Waals surface area contributed by atoms with Crippen LogP contribution < -0.4 is 0 Å². The average molecular weight is 255 g/mol. The van der Waals surface area contributed by atoms with Gasteiger partial charge in [0.25, 0.3) is 0 Å². The molecule has 1 heterocycles. The molecule has 0 amide bonds. The van der Waals surface area contributed by atoms with Crippen molar-refractivity contribution in [2.45, 2.75) is 0 Å². The Kier molecular flexibility index (Phi) is 2.87. The zero-order chi connectivity index (χ0) is 12.4. The Morgan fingerprint density at radius 3 is 2.28 bits per heavy atom. The fraction of sp³-hybridized carbons (Fsp3) is 0. The van der Waals surface area contributed by atoms with Gasteiger partial charge in [-0.3, -0.25) is 5.10 Å². The monoisotopic (exact) mass is 254 g/mol. The van der Waals surface area contributed by atoms with Crippen LogP contribution in [-0.4, -0.2) is 10.2 Å². The number of H-pyrrole nitrogens is 1. The van der Waals surface area contributed by atoms with Gasteiger partial charge in [0.1, 0.15) is 0 Å². The third-order valence-corrected chi connectivity index (χ3v) is 3.11. The zero-order valence-electron chi connectivity index (χ0n) is 9.60. The fourth-order valence-corrected chi connectivity index (χ4v) is 2.09. The lowest BCUT2D eigenvalue weighted by Crippen LogP contribution is -1.82. The first-order chi connectivity index (χ1) is 8.84. The quantitative estimate of drug-likeness (QED) is 0.722. The molecule has 3 rings (SSSR count). The van der Waals surface area contributed by atoms with Crippen LogP contribution in [0, 0.1) is 0 Å². The lowest BCUT2D eigenvalue weighted by Gasteiger charge is -2.03. The van der Waals surface area contributed by atoms with Crippen molar-refractivity contribution in [2.24, 2.45) is 0 Å². The minimum absolute atomic E-state index is 0.739. The number of nitrogens with zero attached hydrogens (tertiary/aromatic N) is 1. The highest BCUT2D eigenvalue weighted by atomic mass is 35.5. The van der Waals surface area contributed by atoms with E-state index < -0.39 is 0 Å². The van der Waals surface area contributed by atoms with Gasteiger partial charge in [-0.25, -0.2) is 0 Å². The first-order valence-electron chi connectivity index (χ1n) is 5.69. The van der Waals surface area contributed by atoms with Crippen LogP contribution in [0.4, 0.5) is 0 Å². The SMILES string of the molecule is Clc1ccc(-c2cn[nH]c2-c2ccccc2)cc1. The fourth-order valence-electron chi connectivity index (χ4n) is 1.96. The van der Waals surface area contributed by atoms with E-state index >= 15 is 0 Å². The summed E-state index contributed by atoms with van der Waals surface area (Å²) in [5.74, 6) is 0. The molecule has 0 atom stereocenters. The van der Waals surface area contributed by atoms with Crippen molar-refractivity contribution in [3.8, 4) is 22.4 Å². The van der Waals surface area contributed by atoms with Gasteiger partial charge in [0, 0.05) is 16.1 Å². The number of aromatic amines is 1. The molecule has 0 aliphatic heterocycles. The number of halogens is 1. The van der Waals surface area contributed by atoms with E-state index in [1.807, 2.05) is 48.7 Å². The Hall–Kier alpha value is -2.06. The smallest absolute Gasteiger partial charge is 0.0728 e. The second-order valence-electron chi connectivity index (χ2n) is 4.03. The second kappa shape index (κ2) is 4.67. The molecule has 18 heavy (non-hydrogen) atoms. The van der Waals surface area contributed by atoms with Crippen LogP contribution in [0.2, 0.25) is 5.02 Å². The molecule has 2 nitrogen and oxygen atoms in total. The van der Waals surface area contributed by atoms with E-state index in [4.69, 9.17) is 11.6 Å². The number of nitrogens with one attached hydrogen (secondary N) is 1. The molecule has 88 valence electrons. The van der Waals surface area contributed by atoms with Crippen molar-refractivity contribution < 1.29 is 0 Å². The molecule has 0 radical (unpaired) electrons. The van der Waals surface area contributed by atoms with Gasteiger partial charge in [-0.2, -0.15) is 5.10 Å². The summed E-state index contributed by atoms with van der Waals surface area (Å²) in [5, 5.41) is 7.93. The van der Waals surface area contributed by atoms with E-state index in [1.165, 1.54) is 0 Å². The molecule has 0 saturated heterocycles. The molecule has 1 aromatic heterocycles. The van der Waals surface area contributed by atoms with Gasteiger partial charge in [-0.05, 0) is 17.7 Å². The minimum Gasteiger partial charge on any atom is -0.277 e. The van der Waals surface area contributed by atoms with Crippen LogP contribution in [0.25, 0.3) is 22.4 Å². The lowest BCUT2D eigenvalue weighted by molar-refractivity contribution is 1.10. The Morgan fingerprint density at radius 1 is 0.833 bits per heavy atom. The Labute approximate surface area is 110 Å². The highest BCUT2D eigenvalue weighted by molar-refractivity contribution is 6.30. The first-order valence-corrected chi connectivity index (χ1v) is 6.07. The summed E-state index contributed by atoms with van der Waals surface area (Å²) in [4.78, 5) is 0. The maximum Gasteiger partial charge on any atom is 0.0728 e. The summed E-state index contributed by atoms with van der Waals surface area (Å²) in [6.07, 6.45) is 1.84. The van der Waals surface area contributed by atoms with Crippen molar-refractivity contribution in [3.05, 3.63) is 65.8 Å². The number of hydrogen-bond donors (Lipinski definition) is 1. The van der Waals surface area contributed by atoms with Crippen LogP contribution in [0.5, 0.6) is 0 Å². The molecule has 2 aromatic carbocycles. The van der Waals surface area contributed by atoms with E-state index in [0.717, 1.165) is 27.4 Å². The molecule has 0 fully saturated rings. The first kappa shape index (κ1) is 11.1. The third kappa shape index (κ3) is 2.03. The van der Waals surface area contributed by atoms with E-state index in [1.54, 1.807) is 0 Å². The molecule has 0 bridgehead atoms. The van der Waals surface area contributed by atoms with Crippen molar-refractivity contribution >= 4 is 11.6 Å². The summed E-state index contributed by atoms with van der Waals surface area (Å²) >= 11 is 5.91. The third-order valence-electron chi connectivity index (χ3n) is 2.86. The van der Waals surface area contributed by atoms with Gasteiger partial charge in [0.2, 0.25) is 0 Å². The van der Waals surface area contributed by atoms with Gasteiger partial charge in [-0.1, -0.05) is 54.1 Å². The van der Waals surface area contributed by atoms with Crippen LogP contribution >= 0.6 is 11.6 Å². The minimum atomic E-state index is 0.739. The summed E-state index contributed by atoms with van der Waals surface area (Å²) in [5.41, 5.74) is 4.34. The van der Waals surface area contributed by atoms with E-state index in [2.05, 4.69) is 22.3 Å². The van der Waals surface area contributed by atoms with Crippen LogP contribution in [-0.2, 0) is 0 Å². The van der Waals surface area contributed by atoms with Gasteiger partial charge >= 0.3 is 0 Å². The number of benzene rings is 2. The van der Waals surface area contributed by atoms with E-state index in [9.17, 15) is 0 Å². The van der Waals surface area contributed by atoms with Gasteiger partial charge in [0.15, 0.2) is 0 Å². The van der Waals surface area contributed by atoms with Gasteiger partial charge in [0.05, 0.1) is 11.9 Å². The lowest BCUT2D eigenvalue weighted by atomic mass is 10.0. The molecular formula is C15H11ClN2. The zero-order valence-corrected chi connectivity index (χ0v) is 10.4. The van der Waals surface area contributed by atoms with Crippen molar-refractivity contribution in [3.63, 3.8) is 0 Å². The maximum absolute atomic E-state index is 5.91. The van der Waals surface area contributed by atoms with Crippen LogP contribution in [0.1, 0.15) is 0 Å². The van der Waals surface area contributed by atoms with Gasteiger partial charge in [-0.15, -0.1) is 0 Å². The predicted molar refractivity (Wildman–Crippen MR) is 74.5 cm³/mol. The second-order valence-corrected chi connectivity index (χ2v) is 4.47. The van der Waals surface area contributed by atoms with E-state index in [0.29, 0.717) is 0 Å². The summed E-state index contributed by atoms with van der Waals surface area (Å²) in [6, 6.07) is 17.9. The Balaban J connectivity index is 2.10. The van der Waals surface area contributed by atoms with Crippen molar-refractivity contribution in [1.82, 2.24) is 10.2 Å². The number of rotatable bonds is 2. The molecule has 3 heteroatoms. The normalized spacial score (nSPS) is 10.5.